The predicted molar refractivity (Wildman–Crippen MR) is 61.0 cm³/mol. The third kappa shape index (κ3) is 2.92. The Labute approximate surface area is 93.4 Å². The molecule has 0 radical (unpaired) electrons. The third-order valence-corrected chi connectivity index (χ3v) is 3.30. The fraction of sp³-hybridized carbons (Fsp3) is 0.600. The van der Waals surface area contributed by atoms with Gasteiger partial charge in [-0.3, -0.25) is 0 Å². The molecule has 1 aromatic heterocycles. The fourth-order valence-corrected chi connectivity index (χ4v) is 2.09. The molecule has 0 saturated carbocycles. The average Bonchev–Trinajstić information content (AvgIpc) is 2.76. The normalized spacial score (nSPS) is 19.9. The molecule has 1 atom stereocenters. The van der Waals surface area contributed by atoms with Crippen LogP contribution in [-0.2, 0) is 11.2 Å². The molecule has 1 N–H and O–H groups in total. The lowest BCUT2D eigenvalue weighted by Crippen LogP contribution is -2.22. The van der Waals surface area contributed by atoms with E-state index < -0.39 is 0 Å². The van der Waals surface area contributed by atoms with Gasteiger partial charge in [0.05, 0.1) is 12.8 Å². The van der Waals surface area contributed by atoms with Crippen molar-refractivity contribution in [3.05, 3.63) is 17.3 Å². The van der Waals surface area contributed by atoms with Crippen LogP contribution < -0.4 is 5.32 Å². The molecule has 15 heavy (non-hydrogen) atoms. The van der Waals surface area contributed by atoms with E-state index in [9.17, 15) is 0 Å². The highest BCUT2D eigenvalue weighted by Crippen LogP contribution is 2.17. The molecule has 0 bridgehead atoms. The number of nitrogens with one attached hydrogen (secondary N) is 1. The molecule has 0 spiro atoms. The van der Waals surface area contributed by atoms with Crippen LogP contribution >= 0.6 is 11.3 Å². The van der Waals surface area contributed by atoms with Crippen molar-refractivity contribution < 1.29 is 4.74 Å². The fourth-order valence-electron chi connectivity index (χ4n) is 1.40. The van der Waals surface area contributed by atoms with E-state index in [1.165, 1.54) is 0 Å². The Kier molecular flexibility index (Phi) is 3.55. The van der Waals surface area contributed by atoms with E-state index in [2.05, 4.69) is 28.5 Å². The van der Waals surface area contributed by atoms with Gasteiger partial charge in [0.25, 0.3) is 0 Å². The summed E-state index contributed by atoms with van der Waals surface area (Å²) in [7, 11) is 0. The number of hydrogen-bond donors (Lipinski definition) is 1. The quantitative estimate of drug-likeness (QED) is 0.853. The van der Waals surface area contributed by atoms with E-state index in [-0.39, 0.29) is 6.10 Å². The number of hydrogen-bond acceptors (Lipinski definition) is 5. The monoisotopic (exact) mass is 225 g/mol. The maximum absolute atomic E-state index is 5.45. The Balaban J connectivity index is 1.79. The third-order valence-electron chi connectivity index (χ3n) is 2.27. The summed E-state index contributed by atoms with van der Waals surface area (Å²) in [5, 5.41) is 13.3. The van der Waals surface area contributed by atoms with E-state index in [1.807, 2.05) is 0 Å². The molecule has 2 rings (SSSR count). The van der Waals surface area contributed by atoms with Gasteiger partial charge in [-0.1, -0.05) is 18.3 Å². The van der Waals surface area contributed by atoms with Crippen molar-refractivity contribution in [1.29, 1.82) is 0 Å². The number of ether oxygens (including phenoxy) is 1. The standard InChI is InChI=1S/C10H15N3OS/c1-2-9-12-13-10(15-9)11-7-8-5-3-4-6-14-8/h4,6,8H,2-3,5,7H2,1H3,(H,11,13). The van der Waals surface area contributed by atoms with Crippen LogP contribution in [0.25, 0.3) is 0 Å². The van der Waals surface area contributed by atoms with Gasteiger partial charge in [-0.25, -0.2) is 0 Å². The van der Waals surface area contributed by atoms with Crippen molar-refractivity contribution in [2.75, 3.05) is 11.9 Å². The Bertz CT molecular complexity index is 337. The first-order chi connectivity index (χ1) is 7.38. The van der Waals surface area contributed by atoms with Crippen LogP contribution in [0.2, 0.25) is 0 Å². The second kappa shape index (κ2) is 5.11. The smallest absolute Gasteiger partial charge is 0.205 e. The molecule has 0 saturated heterocycles. The van der Waals surface area contributed by atoms with E-state index in [0.29, 0.717) is 0 Å². The van der Waals surface area contributed by atoms with Gasteiger partial charge in [-0.05, 0) is 25.3 Å². The first-order valence-corrected chi connectivity index (χ1v) is 6.07. The lowest BCUT2D eigenvalue weighted by Gasteiger charge is -2.19. The molecule has 1 aromatic rings. The zero-order valence-electron chi connectivity index (χ0n) is 8.77. The van der Waals surface area contributed by atoms with Crippen LogP contribution in [0.1, 0.15) is 24.8 Å². The maximum atomic E-state index is 5.45. The van der Waals surface area contributed by atoms with Crippen molar-refractivity contribution in [1.82, 2.24) is 10.2 Å². The number of rotatable bonds is 4. The summed E-state index contributed by atoms with van der Waals surface area (Å²) in [6.07, 6.45) is 7.22. The maximum Gasteiger partial charge on any atom is 0.205 e. The summed E-state index contributed by atoms with van der Waals surface area (Å²) < 4.78 is 5.45. The second-order valence-corrected chi connectivity index (χ2v) is 4.50. The Hall–Kier alpha value is -1.10. The average molecular weight is 225 g/mol. The zero-order chi connectivity index (χ0) is 10.5. The van der Waals surface area contributed by atoms with E-state index in [0.717, 1.165) is 35.9 Å². The first kappa shape index (κ1) is 10.4. The molecule has 1 aliphatic heterocycles. The second-order valence-electron chi connectivity index (χ2n) is 3.44. The SMILES string of the molecule is CCc1nnc(NCC2CCC=CO2)s1. The molecule has 0 aliphatic carbocycles. The predicted octanol–water partition coefficient (Wildman–Crippen LogP) is 2.21. The van der Waals surface area contributed by atoms with Gasteiger partial charge in [-0.2, -0.15) is 0 Å². The van der Waals surface area contributed by atoms with Gasteiger partial charge in [0, 0.05) is 0 Å². The van der Waals surface area contributed by atoms with E-state index >= 15 is 0 Å². The number of aryl methyl sites for hydroxylation is 1. The molecule has 5 heteroatoms. The van der Waals surface area contributed by atoms with Crippen molar-refractivity contribution in [2.24, 2.45) is 0 Å². The van der Waals surface area contributed by atoms with Crippen LogP contribution in [0, 0.1) is 0 Å². The Morgan fingerprint density at radius 1 is 1.60 bits per heavy atom. The lowest BCUT2D eigenvalue weighted by atomic mass is 10.1. The minimum absolute atomic E-state index is 0.268. The highest BCUT2D eigenvalue weighted by Gasteiger charge is 2.11. The highest BCUT2D eigenvalue weighted by atomic mass is 32.1. The first-order valence-electron chi connectivity index (χ1n) is 5.25. The molecule has 2 heterocycles. The van der Waals surface area contributed by atoms with Crippen LogP contribution in [0.15, 0.2) is 12.3 Å². The molecule has 1 aliphatic rings. The summed E-state index contributed by atoms with van der Waals surface area (Å²) in [4.78, 5) is 0. The number of nitrogens with zero attached hydrogens (tertiary/aromatic N) is 2. The highest BCUT2D eigenvalue weighted by molar-refractivity contribution is 7.15. The summed E-state index contributed by atoms with van der Waals surface area (Å²) in [6, 6.07) is 0. The van der Waals surface area contributed by atoms with Crippen molar-refractivity contribution in [3.8, 4) is 0 Å². The van der Waals surface area contributed by atoms with Crippen LogP contribution in [-0.4, -0.2) is 22.8 Å². The molecule has 82 valence electrons. The molecular formula is C10H15N3OS. The topological polar surface area (TPSA) is 47.0 Å². The summed E-state index contributed by atoms with van der Waals surface area (Å²) in [5.41, 5.74) is 0. The largest absolute Gasteiger partial charge is 0.497 e. The van der Waals surface area contributed by atoms with Crippen LogP contribution in [0.3, 0.4) is 0 Å². The molecule has 4 nitrogen and oxygen atoms in total. The van der Waals surface area contributed by atoms with Gasteiger partial charge in [0.2, 0.25) is 5.13 Å². The Morgan fingerprint density at radius 2 is 2.53 bits per heavy atom. The van der Waals surface area contributed by atoms with Crippen molar-refractivity contribution in [2.45, 2.75) is 32.3 Å². The van der Waals surface area contributed by atoms with Crippen molar-refractivity contribution in [3.63, 3.8) is 0 Å². The summed E-state index contributed by atoms with van der Waals surface area (Å²) >= 11 is 1.61. The van der Waals surface area contributed by atoms with Gasteiger partial charge in [0.15, 0.2) is 0 Å². The molecule has 0 amide bonds. The molecular weight excluding hydrogens is 210 g/mol. The van der Waals surface area contributed by atoms with Crippen molar-refractivity contribution >= 4 is 16.5 Å². The van der Waals surface area contributed by atoms with Crippen LogP contribution in [0.5, 0.6) is 0 Å². The van der Waals surface area contributed by atoms with Gasteiger partial charge >= 0.3 is 0 Å². The number of allylic oxidation sites excluding steroid dienone is 1. The lowest BCUT2D eigenvalue weighted by molar-refractivity contribution is 0.135. The van der Waals surface area contributed by atoms with Crippen LogP contribution in [0.4, 0.5) is 5.13 Å². The van der Waals surface area contributed by atoms with Gasteiger partial charge < -0.3 is 10.1 Å². The minimum atomic E-state index is 0.268. The Morgan fingerprint density at radius 3 is 3.20 bits per heavy atom. The minimum Gasteiger partial charge on any atom is -0.497 e. The van der Waals surface area contributed by atoms with Gasteiger partial charge in [0.1, 0.15) is 11.1 Å². The number of anilines is 1. The zero-order valence-corrected chi connectivity index (χ0v) is 9.59. The van der Waals surface area contributed by atoms with E-state index in [1.54, 1.807) is 17.6 Å². The summed E-state index contributed by atoms with van der Waals surface area (Å²) in [5.74, 6) is 0. The van der Waals surface area contributed by atoms with Gasteiger partial charge in [-0.15, -0.1) is 10.2 Å². The number of aromatic nitrogens is 2. The molecule has 1 unspecified atom stereocenters. The molecule has 0 fully saturated rings. The van der Waals surface area contributed by atoms with E-state index in [4.69, 9.17) is 4.74 Å². The summed E-state index contributed by atoms with van der Waals surface area (Å²) in [6.45, 7) is 2.89. The molecule has 0 aromatic carbocycles.